The first-order chi connectivity index (χ1) is 7.61. The van der Waals surface area contributed by atoms with E-state index in [-0.39, 0.29) is 6.04 Å². The number of benzene rings is 2. The Morgan fingerprint density at radius 1 is 1.12 bits per heavy atom. The lowest BCUT2D eigenvalue weighted by Crippen LogP contribution is -2.24. The molecule has 2 aromatic carbocycles. The highest BCUT2D eigenvalue weighted by atomic mass is 79.9. The molecule has 0 saturated carbocycles. The quantitative estimate of drug-likeness (QED) is 0.888. The molecule has 84 valence electrons. The Kier molecular flexibility index (Phi) is 3.28. The summed E-state index contributed by atoms with van der Waals surface area (Å²) in [6.07, 6.45) is -0.627. The second-order valence-electron chi connectivity index (χ2n) is 3.99. The van der Waals surface area contributed by atoms with Crippen molar-refractivity contribution < 1.29 is 5.11 Å². The predicted molar refractivity (Wildman–Crippen MR) is 70.3 cm³/mol. The van der Waals surface area contributed by atoms with Crippen LogP contribution in [0.2, 0.25) is 0 Å². The molecule has 2 nitrogen and oxygen atoms in total. The Labute approximate surface area is 103 Å². The molecular weight excluding hydrogens is 266 g/mol. The van der Waals surface area contributed by atoms with Gasteiger partial charge >= 0.3 is 0 Å². The zero-order valence-corrected chi connectivity index (χ0v) is 10.6. The van der Waals surface area contributed by atoms with Crippen LogP contribution in [0.4, 0.5) is 0 Å². The number of fused-ring (bicyclic) bond motifs is 1. The zero-order chi connectivity index (χ0) is 11.7. The van der Waals surface area contributed by atoms with E-state index in [1.807, 2.05) is 43.3 Å². The number of halogens is 1. The Balaban J connectivity index is 2.67. The van der Waals surface area contributed by atoms with Crippen molar-refractivity contribution in [1.82, 2.24) is 0 Å². The van der Waals surface area contributed by atoms with E-state index >= 15 is 0 Å². The number of hydrogen-bond acceptors (Lipinski definition) is 2. The summed E-state index contributed by atoms with van der Waals surface area (Å²) in [4.78, 5) is 0. The van der Waals surface area contributed by atoms with E-state index in [4.69, 9.17) is 5.73 Å². The average Bonchev–Trinajstić information content (AvgIpc) is 2.29. The molecule has 0 spiro atoms. The van der Waals surface area contributed by atoms with E-state index in [1.54, 1.807) is 0 Å². The predicted octanol–water partition coefficient (Wildman–Crippen LogP) is 2.98. The van der Waals surface area contributed by atoms with Crippen molar-refractivity contribution in [3.8, 4) is 0 Å². The third-order valence-electron chi connectivity index (χ3n) is 2.72. The van der Waals surface area contributed by atoms with E-state index in [9.17, 15) is 5.11 Å². The Hall–Kier alpha value is -0.900. The maximum atomic E-state index is 10.0. The van der Waals surface area contributed by atoms with Gasteiger partial charge in [0, 0.05) is 10.5 Å². The van der Waals surface area contributed by atoms with Gasteiger partial charge in [-0.05, 0) is 29.3 Å². The van der Waals surface area contributed by atoms with Crippen molar-refractivity contribution in [3.63, 3.8) is 0 Å². The van der Waals surface area contributed by atoms with Gasteiger partial charge in [-0.3, -0.25) is 0 Å². The molecule has 2 atom stereocenters. The summed E-state index contributed by atoms with van der Waals surface area (Å²) in [6, 6.07) is 11.6. The lowest BCUT2D eigenvalue weighted by atomic mass is 9.97. The van der Waals surface area contributed by atoms with E-state index in [0.717, 1.165) is 20.8 Å². The Bertz CT molecular complexity index is 510. The van der Waals surface area contributed by atoms with Gasteiger partial charge in [0.2, 0.25) is 0 Å². The minimum Gasteiger partial charge on any atom is -0.387 e. The second kappa shape index (κ2) is 4.53. The fourth-order valence-electron chi connectivity index (χ4n) is 1.83. The van der Waals surface area contributed by atoms with Crippen molar-refractivity contribution in [2.45, 2.75) is 19.1 Å². The maximum Gasteiger partial charge on any atom is 0.0944 e. The van der Waals surface area contributed by atoms with Crippen molar-refractivity contribution in [1.29, 1.82) is 0 Å². The van der Waals surface area contributed by atoms with E-state index in [1.165, 1.54) is 0 Å². The third-order valence-corrected chi connectivity index (χ3v) is 3.41. The Morgan fingerprint density at radius 2 is 1.75 bits per heavy atom. The van der Waals surface area contributed by atoms with Gasteiger partial charge in [0.25, 0.3) is 0 Å². The highest BCUT2D eigenvalue weighted by Gasteiger charge is 2.15. The summed E-state index contributed by atoms with van der Waals surface area (Å²) in [6.45, 7) is 1.81. The molecular formula is C13H14BrNO. The molecule has 0 aliphatic heterocycles. The summed E-state index contributed by atoms with van der Waals surface area (Å²) in [5, 5.41) is 12.2. The van der Waals surface area contributed by atoms with Crippen molar-refractivity contribution in [3.05, 3.63) is 46.4 Å². The number of hydrogen-bond donors (Lipinski definition) is 2. The van der Waals surface area contributed by atoms with Gasteiger partial charge in [0.15, 0.2) is 0 Å². The second-order valence-corrected chi connectivity index (χ2v) is 4.84. The summed E-state index contributed by atoms with van der Waals surface area (Å²) in [7, 11) is 0. The van der Waals surface area contributed by atoms with Crippen molar-refractivity contribution in [2.75, 3.05) is 0 Å². The minimum absolute atomic E-state index is 0.274. The highest BCUT2D eigenvalue weighted by molar-refractivity contribution is 9.10. The van der Waals surface area contributed by atoms with Crippen LogP contribution in [0.15, 0.2) is 40.9 Å². The lowest BCUT2D eigenvalue weighted by Gasteiger charge is -2.17. The average molecular weight is 280 g/mol. The summed E-state index contributed by atoms with van der Waals surface area (Å²) < 4.78 is 1.03. The monoisotopic (exact) mass is 279 g/mol. The molecule has 2 aromatic rings. The molecule has 3 N–H and O–H groups in total. The molecule has 0 unspecified atom stereocenters. The number of nitrogens with two attached hydrogens (primary N) is 1. The van der Waals surface area contributed by atoms with Crippen LogP contribution in [-0.4, -0.2) is 11.1 Å². The molecule has 0 aliphatic carbocycles. The standard InChI is InChI=1S/C13H14BrNO/c1-8(15)13(16)11-6-7-12(14)10-5-3-2-4-9(10)11/h2-8,13,16H,15H2,1H3/t8-,13-/m1/s1. The molecule has 3 heteroatoms. The van der Waals surface area contributed by atoms with Crippen LogP contribution in [0.5, 0.6) is 0 Å². The van der Waals surface area contributed by atoms with Gasteiger partial charge in [-0.15, -0.1) is 0 Å². The maximum absolute atomic E-state index is 10.0. The number of aliphatic hydroxyl groups is 1. The number of aliphatic hydroxyl groups excluding tert-OH is 1. The molecule has 0 heterocycles. The summed E-state index contributed by atoms with van der Waals surface area (Å²) in [5.74, 6) is 0. The highest BCUT2D eigenvalue weighted by Crippen LogP contribution is 2.30. The van der Waals surface area contributed by atoms with Gasteiger partial charge in [-0.2, -0.15) is 0 Å². The lowest BCUT2D eigenvalue weighted by molar-refractivity contribution is 0.155. The van der Waals surface area contributed by atoms with Gasteiger partial charge in [0.05, 0.1) is 6.10 Å². The van der Waals surface area contributed by atoms with Crippen LogP contribution in [0.1, 0.15) is 18.6 Å². The minimum atomic E-state index is -0.627. The first-order valence-electron chi connectivity index (χ1n) is 5.22. The number of rotatable bonds is 2. The largest absolute Gasteiger partial charge is 0.387 e. The van der Waals surface area contributed by atoms with Crippen LogP contribution in [0.3, 0.4) is 0 Å². The van der Waals surface area contributed by atoms with Gasteiger partial charge in [-0.1, -0.05) is 46.3 Å². The summed E-state index contributed by atoms with van der Waals surface area (Å²) >= 11 is 3.50. The van der Waals surface area contributed by atoms with Crippen LogP contribution in [-0.2, 0) is 0 Å². The SMILES string of the molecule is C[C@@H](N)[C@@H](O)c1ccc(Br)c2ccccc12. The van der Waals surface area contributed by atoms with Gasteiger partial charge < -0.3 is 10.8 Å². The van der Waals surface area contributed by atoms with Crippen molar-refractivity contribution >= 4 is 26.7 Å². The molecule has 2 rings (SSSR count). The molecule has 0 amide bonds. The molecule has 0 saturated heterocycles. The molecule has 0 aliphatic rings. The van der Waals surface area contributed by atoms with E-state index < -0.39 is 6.10 Å². The van der Waals surface area contributed by atoms with Crippen LogP contribution in [0, 0.1) is 0 Å². The van der Waals surface area contributed by atoms with Gasteiger partial charge in [-0.25, -0.2) is 0 Å². The zero-order valence-electron chi connectivity index (χ0n) is 9.02. The summed E-state index contributed by atoms with van der Waals surface area (Å²) in [5.41, 5.74) is 6.62. The normalized spacial score (nSPS) is 15.0. The molecule has 0 bridgehead atoms. The van der Waals surface area contributed by atoms with Gasteiger partial charge in [0.1, 0.15) is 0 Å². The third kappa shape index (κ3) is 1.98. The molecule has 0 radical (unpaired) electrons. The first kappa shape index (κ1) is 11.6. The van der Waals surface area contributed by atoms with Crippen molar-refractivity contribution in [2.24, 2.45) is 5.73 Å². The smallest absolute Gasteiger partial charge is 0.0944 e. The Morgan fingerprint density at radius 3 is 2.38 bits per heavy atom. The molecule has 0 aromatic heterocycles. The van der Waals surface area contributed by atoms with Crippen LogP contribution < -0.4 is 5.73 Å². The van der Waals surface area contributed by atoms with E-state index in [0.29, 0.717) is 0 Å². The van der Waals surface area contributed by atoms with Crippen LogP contribution in [0.25, 0.3) is 10.8 Å². The van der Waals surface area contributed by atoms with Crippen LogP contribution >= 0.6 is 15.9 Å². The molecule has 0 fully saturated rings. The van der Waals surface area contributed by atoms with E-state index in [2.05, 4.69) is 15.9 Å². The molecule has 16 heavy (non-hydrogen) atoms. The fraction of sp³-hybridized carbons (Fsp3) is 0.231. The first-order valence-corrected chi connectivity index (χ1v) is 6.01. The fourth-order valence-corrected chi connectivity index (χ4v) is 2.30. The topological polar surface area (TPSA) is 46.2 Å².